The van der Waals surface area contributed by atoms with Crippen LogP contribution in [0.1, 0.15) is 52.4 Å². The maximum Gasteiger partial charge on any atom is 0.220 e. The molecule has 0 heterocycles. The minimum atomic E-state index is 0.179. The maximum atomic E-state index is 11.7. The molecule has 0 aromatic rings. The average molecular weight is 246 g/mol. The lowest BCUT2D eigenvalue weighted by Gasteiger charge is -2.34. The molecule has 0 aliphatic heterocycles. The summed E-state index contributed by atoms with van der Waals surface area (Å²) in [6.07, 6.45) is 6.34. The Morgan fingerprint density at radius 1 is 1.38 bits per heavy atom. The van der Waals surface area contributed by atoms with E-state index >= 15 is 0 Å². The first-order chi connectivity index (χ1) is 7.65. The molecule has 2 atom stereocenters. The maximum absolute atomic E-state index is 11.7. The van der Waals surface area contributed by atoms with Gasteiger partial charge in [0.2, 0.25) is 5.91 Å². The number of halogens is 1. The van der Waals surface area contributed by atoms with E-state index in [4.69, 9.17) is 11.6 Å². The molecule has 94 valence electrons. The van der Waals surface area contributed by atoms with Crippen LogP contribution in [0.15, 0.2) is 0 Å². The molecule has 3 heteroatoms. The first kappa shape index (κ1) is 13.8. The first-order valence-electron chi connectivity index (χ1n) is 6.50. The fraction of sp³-hybridized carbons (Fsp3) is 0.923. The number of amides is 1. The summed E-state index contributed by atoms with van der Waals surface area (Å²) in [7, 11) is 0. The summed E-state index contributed by atoms with van der Waals surface area (Å²) < 4.78 is 0. The van der Waals surface area contributed by atoms with Gasteiger partial charge < -0.3 is 5.32 Å². The van der Waals surface area contributed by atoms with E-state index in [9.17, 15) is 4.79 Å². The van der Waals surface area contributed by atoms with Gasteiger partial charge in [-0.2, -0.15) is 0 Å². The third-order valence-corrected chi connectivity index (χ3v) is 3.83. The van der Waals surface area contributed by atoms with Crippen LogP contribution in [0, 0.1) is 11.8 Å². The number of nitrogens with one attached hydrogen (secondary N) is 1. The predicted molar refractivity (Wildman–Crippen MR) is 68.7 cm³/mol. The Bertz CT molecular complexity index is 218. The van der Waals surface area contributed by atoms with Crippen LogP contribution >= 0.6 is 11.6 Å². The van der Waals surface area contributed by atoms with Gasteiger partial charge in [-0.1, -0.05) is 26.7 Å². The Balaban J connectivity index is 2.40. The first-order valence-corrected chi connectivity index (χ1v) is 7.04. The zero-order valence-corrected chi connectivity index (χ0v) is 11.2. The van der Waals surface area contributed by atoms with Crippen LogP contribution in [-0.2, 0) is 4.79 Å². The van der Waals surface area contributed by atoms with Crippen molar-refractivity contribution in [2.75, 3.05) is 5.88 Å². The Morgan fingerprint density at radius 3 is 2.69 bits per heavy atom. The van der Waals surface area contributed by atoms with Gasteiger partial charge in [-0.15, -0.1) is 11.6 Å². The van der Waals surface area contributed by atoms with Gasteiger partial charge in [-0.05, 0) is 31.1 Å². The zero-order valence-electron chi connectivity index (χ0n) is 10.5. The lowest BCUT2D eigenvalue weighted by molar-refractivity contribution is -0.122. The third kappa shape index (κ3) is 4.32. The summed E-state index contributed by atoms with van der Waals surface area (Å²) in [5.74, 6) is 2.08. The van der Waals surface area contributed by atoms with E-state index in [0.29, 0.717) is 30.2 Å². The van der Waals surface area contributed by atoms with E-state index in [2.05, 4.69) is 19.2 Å². The van der Waals surface area contributed by atoms with Gasteiger partial charge in [-0.3, -0.25) is 4.79 Å². The van der Waals surface area contributed by atoms with Crippen LogP contribution in [0.5, 0.6) is 0 Å². The molecule has 0 aromatic heterocycles. The molecule has 0 radical (unpaired) electrons. The fourth-order valence-electron chi connectivity index (χ4n) is 2.64. The minimum Gasteiger partial charge on any atom is -0.353 e. The van der Waals surface area contributed by atoms with Crippen molar-refractivity contribution in [3.63, 3.8) is 0 Å². The van der Waals surface area contributed by atoms with Crippen molar-refractivity contribution in [2.24, 2.45) is 11.8 Å². The standard InChI is InChI=1S/C13H24ClNO/c1-10(2)11-6-3-4-7-12(11)15-13(16)8-5-9-14/h10-12H,3-9H2,1-2H3,(H,15,16). The van der Waals surface area contributed by atoms with Gasteiger partial charge >= 0.3 is 0 Å². The third-order valence-electron chi connectivity index (χ3n) is 3.56. The van der Waals surface area contributed by atoms with E-state index in [1.54, 1.807) is 0 Å². The number of carbonyl (C=O) groups is 1. The molecule has 0 spiro atoms. The fourth-order valence-corrected chi connectivity index (χ4v) is 2.78. The van der Waals surface area contributed by atoms with Crippen LogP contribution in [-0.4, -0.2) is 17.8 Å². The van der Waals surface area contributed by atoms with Crippen LogP contribution in [0.3, 0.4) is 0 Å². The van der Waals surface area contributed by atoms with E-state index in [1.165, 1.54) is 19.3 Å². The second-order valence-electron chi connectivity index (χ2n) is 5.16. The van der Waals surface area contributed by atoms with Crippen molar-refractivity contribution in [3.8, 4) is 0 Å². The SMILES string of the molecule is CC(C)C1CCCCC1NC(=O)CCCCl. The highest BCUT2D eigenvalue weighted by Crippen LogP contribution is 2.30. The smallest absolute Gasteiger partial charge is 0.220 e. The zero-order chi connectivity index (χ0) is 12.0. The molecule has 0 saturated heterocycles. The summed E-state index contributed by atoms with van der Waals surface area (Å²) in [4.78, 5) is 11.7. The number of rotatable bonds is 5. The van der Waals surface area contributed by atoms with Crippen molar-refractivity contribution in [2.45, 2.75) is 58.4 Å². The Hall–Kier alpha value is -0.240. The summed E-state index contributed by atoms with van der Waals surface area (Å²) in [5, 5.41) is 3.19. The lowest BCUT2D eigenvalue weighted by atomic mass is 9.78. The molecule has 1 N–H and O–H groups in total. The van der Waals surface area contributed by atoms with Gasteiger partial charge in [0.15, 0.2) is 0 Å². The van der Waals surface area contributed by atoms with Gasteiger partial charge in [0, 0.05) is 18.3 Å². The second-order valence-corrected chi connectivity index (χ2v) is 5.54. The predicted octanol–water partition coefficient (Wildman–Crippen LogP) is 3.34. The molecule has 1 rings (SSSR count). The molecule has 2 nitrogen and oxygen atoms in total. The van der Waals surface area contributed by atoms with E-state index < -0.39 is 0 Å². The summed E-state index contributed by atoms with van der Waals surface area (Å²) >= 11 is 5.59. The lowest BCUT2D eigenvalue weighted by Crippen LogP contribution is -2.43. The van der Waals surface area contributed by atoms with Crippen molar-refractivity contribution >= 4 is 17.5 Å². The second kappa shape index (κ2) is 7.16. The molecule has 1 saturated carbocycles. The quantitative estimate of drug-likeness (QED) is 0.740. The number of hydrogen-bond acceptors (Lipinski definition) is 1. The molecule has 0 aromatic carbocycles. The van der Waals surface area contributed by atoms with Gasteiger partial charge in [0.1, 0.15) is 0 Å². The molecule has 16 heavy (non-hydrogen) atoms. The van der Waals surface area contributed by atoms with Crippen LogP contribution in [0.25, 0.3) is 0 Å². The number of alkyl halides is 1. The van der Waals surface area contributed by atoms with Crippen molar-refractivity contribution in [1.29, 1.82) is 0 Å². The molecule has 0 bridgehead atoms. The Kier molecular flexibility index (Phi) is 6.18. The van der Waals surface area contributed by atoms with Crippen molar-refractivity contribution in [3.05, 3.63) is 0 Å². The Morgan fingerprint density at radius 2 is 2.06 bits per heavy atom. The summed E-state index contributed by atoms with van der Waals surface area (Å²) in [6.45, 7) is 4.52. The largest absolute Gasteiger partial charge is 0.353 e. The average Bonchev–Trinajstić information content (AvgIpc) is 2.27. The highest BCUT2D eigenvalue weighted by Gasteiger charge is 2.28. The van der Waals surface area contributed by atoms with Crippen LogP contribution < -0.4 is 5.32 Å². The minimum absolute atomic E-state index is 0.179. The van der Waals surface area contributed by atoms with E-state index in [1.807, 2.05) is 0 Å². The number of hydrogen-bond donors (Lipinski definition) is 1. The molecular weight excluding hydrogens is 222 g/mol. The Labute approximate surface area is 104 Å². The monoisotopic (exact) mass is 245 g/mol. The molecule has 2 unspecified atom stereocenters. The van der Waals surface area contributed by atoms with Crippen LogP contribution in [0.2, 0.25) is 0 Å². The highest BCUT2D eigenvalue weighted by molar-refractivity contribution is 6.17. The molecule has 1 aliphatic carbocycles. The topological polar surface area (TPSA) is 29.1 Å². The molecular formula is C13H24ClNO. The molecule has 1 amide bonds. The van der Waals surface area contributed by atoms with E-state index in [0.717, 1.165) is 12.8 Å². The van der Waals surface area contributed by atoms with Crippen LogP contribution in [0.4, 0.5) is 0 Å². The summed E-state index contributed by atoms with van der Waals surface area (Å²) in [5.41, 5.74) is 0. The molecule has 1 fully saturated rings. The van der Waals surface area contributed by atoms with Crippen molar-refractivity contribution < 1.29 is 4.79 Å². The van der Waals surface area contributed by atoms with Gasteiger partial charge in [0.05, 0.1) is 0 Å². The summed E-state index contributed by atoms with van der Waals surface area (Å²) in [6, 6.07) is 0.400. The van der Waals surface area contributed by atoms with Gasteiger partial charge in [0.25, 0.3) is 0 Å². The highest BCUT2D eigenvalue weighted by atomic mass is 35.5. The van der Waals surface area contributed by atoms with Crippen molar-refractivity contribution in [1.82, 2.24) is 5.32 Å². The van der Waals surface area contributed by atoms with Gasteiger partial charge in [-0.25, -0.2) is 0 Å². The molecule has 1 aliphatic rings. The van der Waals surface area contributed by atoms with E-state index in [-0.39, 0.29) is 5.91 Å². The number of carbonyl (C=O) groups excluding carboxylic acids is 1. The normalized spacial score (nSPS) is 25.8.